The molecule has 1 aromatic heterocycles. The van der Waals surface area contributed by atoms with Crippen molar-refractivity contribution in [1.82, 2.24) is 25.5 Å². The normalized spacial score (nSPS) is 11.0. The molecule has 8 nitrogen and oxygen atoms in total. The molecule has 0 aliphatic carbocycles. The Morgan fingerprint density at radius 1 is 1.18 bits per heavy atom. The van der Waals surface area contributed by atoms with Crippen molar-refractivity contribution in [1.29, 1.82) is 0 Å². The van der Waals surface area contributed by atoms with Gasteiger partial charge in [-0.15, -0.1) is 5.10 Å². The average molecular weight is 544 g/mol. The maximum absolute atomic E-state index is 12.3. The number of hydrogen-bond acceptors (Lipinski definition) is 5. The van der Waals surface area contributed by atoms with Crippen molar-refractivity contribution in [3.8, 4) is 11.4 Å². The van der Waals surface area contributed by atoms with E-state index in [9.17, 15) is 18.0 Å². The van der Waals surface area contributed by atoms with Gasteiger partial charge < -0.3 is 10.6 Å². The topological polar surface area (TPSA) is 96.2 Å². The summed E-state index contributed by atoms with van der Waals surface area (Å²) in [7, 11) is 1.54. The van der Waals surface area contributed by atoms with Gasteiger partial charge in [-0.1, -0.05) is 56.3 Å². The van der Waals surface area contributed by atoms with Gasteiger partial charge in [-0.3, -0.25) is 4.79 Å². The minimum Gasteiger partial charge on any atom is -0.349 e. The van der Waals surface area contributed by atoms with Crippen LogP contribution in [0.3, 0.4) is 0 Å². The fourth-order valence-corrected chi connectivity index (χ4v) is 3.61. The van der Waals surface area contributed by atoms with Crippen LogP contribution in [0.15, 0.2) is 53.6 Å². The van der Waals surface area contributed by atoms with Gasteiger partial charge in [0.15, 0.2) is 10.9 Å². The number of halogens is 3. The van der Waals surface area contributed by atoms with E-state index in [1.54, 1.807) is 37.4 Å². The lowest BCUT2D eigenvalue weighted by molar-refractivity contribution is -0.135. The molecule has 0 bridgehead atoms. The Morgan fingerprint density at radius 3 is 2.58 bits per heavy atom. The van der Waals surface area contributed by atoms with Gasteiger partial charge in [0.25, 0.3) is 5.91 Å². The number of para-hydroxylation sites is 1. The molecule has 0 aliphatic rings. The summed E-state index contributed by atoms with van der Waals surface area (Å²) in [4.78, 5) is 16.5. The molecule has 2 aromatic carbocycles. The molecule has 12 heteroatoms. The number of nitrogens with one attached hydrogen (secondary N) is 3. The molecule has 0 unspecified atom stereocenters. The van der Waals surface area contributed by atoms with Gasteiger partial charge >= 0.3 is 6.18 Å². The van der Waals surface area contributed by atoms with Crippen LogP contribution < -0.4 is 16.1 Å². The molecular formula is C26H28F3N7OS. The smallest absolute Gasteiger partial charge is 0.349 e. The highest BCUT2D eigenvalue weighted by atomic mass is 32.1. The lowest BCUT2D eigenvalue weighted by atomic mass is 10.0. The number of hydrazone groups is 1. The van der Waals surface area contributed by atoms with Crippen LogP contribution in [0, 0.1) is 0 Å². The van der Waals surface area contributed by atoms with Gasteiger partial charge in [-0.05, 0) is 41.7 Å². The van der Waals surface area contributed by atoms with E-state index in [0.29, 0.717) is 22.4 Å². The number of nitrogens with zero attached hydrogens (tertiary/aromatic N) is 4. The zero-order valence-electron chi connectivity index (χ0n) is 21.1. The number of amides is 1. The minimum atomic E-state index is -4.25. The fraction of sp³-hybridized carbons (Fsp3) is 0.308. The Morgan fingerprint density at radius 2 is 1.89 bits per heavy atom. The van der Waals surface area contributed by atoms with E-state index in [1.807, 2.05) is 24.3 Å². The van der Waals surface area contributed by atoms with Crippen LogP contribution in [-0.2, 0) is 7.05 Å². The highest BCUT2D eigenvalue weighted by molar-refractivity contribution is 7.80. The molecule has 200 valence electrons. The van der Waals surface area contributed by atoms with Crippen molar-refractivity contribution in [2.24, 2.45) is 12.1 Å². The molecule has 0 saturated heterocycles. The average Bonchev–Trinajstić information content (AvgIpc) is 3.26. The lowest BCUT2D eigenvalue weighted by Gasteiger charge is -2.14. The second-order valence-corrected chi connectivity index (χ2v) is 9.08. The van der Waals surface area contributed by atoms with Crippen LogP contribution in [-0.4, -0.2) is 44.4 Å². The number of benzene rings is 2. The SMILES string of the molecule is CC(C)c1ccccc1NC(=S)NN=C=Cc1ccc(-c2nc(C(=O)NCCCC(F)(F)F)n(C)n2)cc1. The van der Waals surface area contributed by atoms with Crippen LogP contribution in [0.1, 0.15) is 54.4 Å². The molecule has 0 aliphatic heterocycles. The number of rotatable bonds is 9. The number of aryl methyl sites for hydroxylation is 1. The Kier molecular flexibility index (Phi) is 9.75. The number of hydrogen-bond donors (Lipinski definition) is 3. The zero-order chi connectivity index (χ0) is 27.7. The molecule has 0 atom stereocenters. The molecule has 0 spiro atoms. The number of anilines is 1. The Bertz CT molecular complexity index is 1330. The van der Waals surface area contributed by atoms with E-state index >= 15 is 0 Å². The molecule has 3 N–H and O–H groups in total. The van der Waals surface area contributed by atoms with Gasteiger partial charge in [-0.2, -0.15) is 18.3 Å². The molecule has 3 rings (SSSR count). The zero-order valence-corrected chi connectivity index (χ0v) is 22.0. The minimum absolute atomic E-state index is 0.00906. The number of aromatic nitrogens is 3. The van der Waals surface area contributed by atoms with Crippen molar-refractivity contribution in [2.75, 3.05) is 11.9 Å². The highest BCUT2D eigenvalue weighted by Gasteiger charge is 2.26. The lowest BCUT2D eigenvalue weighted by Crippen LogP contribution is -2.28. The van der Waals surface area contributed by atoms with E-state index in [0.717, 1.165) is 16.8 Å². The Hall–Kier alpha value is -4.02. The summed E-state index contributed by atoms with van der Waals surface area (Å²) in [6, 6.07) is 15.1. The monoisotopic (exact) mass is 543 g/mol. The third-order valence-corrected chi connectivity index (χ3v) is 5.54. The Balaban J connectivity index is 1.55. The summed E-state index contributed by atoms with van der Waals surface area (Å²) in [5.74, 6) is 2.86. The number of alkyl halides is 3. The predicted molar refractivity (Wildman–Crippen MR) is 146 cm³/mol. The van der Waals surface area contributed by atoms with Crippen molar-refractivity contribution in [2.45, 2.75) is 38.8 Å². The third kappa shape index (κ3) is 8.53. The summed E-state index contributed by atoms with van der Waals surface area (Å²) in [5.41, 5.74) is 6.27. The fourth-order valence-electron chi connectivity index (χ4n) is 3.46. The van der Waals surface area contributed by atoms with E-state index in [4.69, 9.17) is 12.2 Å². The number of thiocarbonyl (C=S) groups is 1. The van der Waals surface area contributed by atoms with Gasteiger partial charge in [-0.25, -0.2) is 15.1 Å². The summed E-state index contributed by atoms with van der Waals surface area (Å²) >= 11 is 5.30. The molecule has 1 amide bonds. The maximum Gasteiger partial charge on any atom is 0.389 e. The van der Waals surface area contributed by atoms with Crippen LogP contribution in [0.5, 0.6) is 0 Å². The molecule has 3 aromatic rings. The standard InChI is InChI=1S/C26H28F3N7OS/c1-17(2)20-7-4-5-8-21(20)32-25(38)34-31-16-13-18-9-11-19(12-10-18)22-33-23(36(3)35-22)24(37)30-15-6-14-26(27,28)29/h4-5,7-13,17H,6,14-15H2,1-3H3,(H,30,37)(H2,32,34,38). The van der Waals surface area contributed by atoms with Crippen molar-refractivity contribution in [3.05, 3.63) is 65.5 Å². The largest absolute Gasteiger partial charge is 0.389 e. The van der Waals surface area contributed by atoms with Crippen molar-refractivity contribution < 1.29 is 18.0 Å². The second-order valence-electron chi connectivity index (χ2n) is 8.67. The van der Waals surface area contributed by atoms with Gasteiger partial charge in [0.1, 0.15) is 0 Å². The predicted octanol–water partition coefficient (Wildman–Crippen LogP) is 5.26. The quantitative estimate of drug-likeness (QED) is 0.147. The summed E-state index contributed by atoms with van der Waals surface area (Å²) in [6.07, 6.45) is -3.76. The van der Waals surface area contributed by atoms with Crippen molar-refractivity contribution >= 4 is 40.9 Å². The maximum atomic E-state index is 12.3. The second kappa shape index (κ2) is 13.0. The van der Waals surface area contributed by atoms with E-state index < -0.39 is 18.5 Å². The van der Waals surface area contributed by atoms with Gasteiger partial charge in [0.2, 0.25) is 5.82 Å². The van der Waals surface area contributed by atoms with E-state index in [2.05, 4.69) is 51.0 Å². The van der Waals surface area contributed by atoms with Crippen LogP contribution in [0.4, 0.5) is 18.9 Å². The summed E-state index contributed by atoms with van der Waals surface area (Å²) in [6.45, 7) is 4.11. The van der Waals surface area contributed by atoms with E-state index in [-0.39, 0.29) is 18.8 Å². The van der Waals surface area contributed by atoms with Crippen LogP contribution in [0.25, 0.3) is 17.5 Å². The molecular weight excluding hydrogens is 515 g/mol. The summed E-state index contributed by atoms with van der Waals surface area (Å²) < 4.78 is 38.0. The molecule has 0 fully saturated rings. The first-order valence-corrected chi connectivity index (χ1v) is 12.2. The first-order valence-electron chi connectivity index (χ1n) is 11.8. The van der Waals surface area contributed by atoms with Crippen LogP contribution >= 0.6 is 12.2 Å². The Labute approximate surface area is 224 Å². The molecule has 1 heterocycles. The van der Waals surface area contributed by atoms with Gasteiger partial charge in [0, 0.05) is 43.2 Å². The van der Waals surface area contributed by atoms with Crippen molar-refractivity contribution in [3.63, 3.8) is 0 Å². The van der Waals surface area contributed by atoms with Crippen LogP contribution in [0.2, 0.25) is 0 Å². The van der Waals surface area contributed by atoms with Gasteiger partial charge in [0.05, 0.1) is 0 Å². The molecule has 38 heavy (non-hydrogen) atoms. The number of carbonyl (C=O) groups is 1. The number of carbonyl (C=O) groups excluding carboxylic acids is 1. The molecule has 0 radical (unpaired) electrons. The third-order valence-electron chi connectivity index (χ3n) is 5.34. The molecule has 0 saturated carbocycles. The summed E-state index contributed by atoms with van der Waals surface area (Å²) in [5, 5.41) is 14.2. The highest BCUT2D eigenvalue weighted by Crippen LogP contribution is 2.23. The van der Waals surface area contributed by atoms with E-state index in [1.165, 1.54) is 4.68 Å². The first-order chi connectivity index (χ1) is 18.0. The first kappa shape index (κ1) is 28.5.